The molecule has 0 N–H and O–H groups in total. The Morgan fingerprint density at radius 1 is 0.469 bits per heavy atom. The second kappa shape index (κ2) is 9.87. The maximum absolute atomic E-state index is 5.37. The van der Waals surface area contributed by atoms with Crippen LogP contribution in [0.5, 0.6) is 0 Å². The van der Waals surface area contributed by atoms with Gasteiger partial charge in [-0.2, -0.15) is 0 Å². The van der Waals surface area contributed by atoms with Crippen molar-refractivity contribution >= 4 is 21.8 Å². The summed E-state index contributed by atoms with van der Waals surface area (Å²) in [6.07, 6.45) is 0. The van der Waals surface area contributed by atoms with Gasteiger partial charge in [0.1, 0.15) is 0 Å². The molecule has 2 aliphatic carbocycles. The van der Waals surface area contributed by atoms with Crippen LogP contribution >= 0.6 is 0 Å². The van der Waals surface area contributed by atoms with Crippen molar-refractivity contribution in [2.75, 3.05) is 0 Å². The Morgan fingerprint density at radius 3 is 1.96 bits per heavy atom. The van der Waals surface area contributed by atoms with Gasteiger partial charge in [-0.3, -0.25) is 0 Å². The highest BCUT2D eigenvalue weighted by Crippen LogP contribution is 2.53. The molecule has 0 aliphatic heterocycles. The fourth-order valence-electron chi connectivity index (χ4n) is 8.70. The molecule has 8 aromatic rings. The highest BCUT2D eigenvalue weighted by atomic mass is 15.0. The van der Waals surface area contributed by atoms with E-state index in [1.165, 1.54) is 55.2 Å². The van der Waals surface area contributed by atoms with E-state index in [1.807, 2.05) is 6.07 Å². The molecule has 2 aromatic heterocycles. The first kappa shape index (κ1) is 28.2. The Hall–Kier alpha value is -5.80. The van der Waals surface area contributed by atoms with Gasteiger partial charge in [-0.05, 0) is 63.7 Å². The number of hydrogen-bond acceptors (Lipinski definition) is 2. The van der Waals surface area contributed by atoms with Crippen LogP contribution in [0.4, 0.5) is 0 Å². The average molecular weight is 630 g/mol. The fourth-order valence-corrected chi connectivity index (χ4v) is 8.70. The maximum Gasteiger partial charge on any atom is 0.160 e. The van der Waals surface area contributed by atoms with E-state index in [2.05, 4.69) is 166 Å². The second-order valence-corrected chi connectivity index (χ2v) is 14.6. The van der Waals surface area contributed by atoms with Crippen molar-refractivity contribution in [3.05, 3.63) is 162 Å². The third kappa shape index (κ3) is 3.84. The maximum atomic E-state index is 5.37. The van der Waals surface area contributed by atoms with Crippen LogP contribution in [0.25, 0.3) is 72.4 Å². The third-order valence-electron chi connectivity index (χ3n) is 11.2. The summed E-state index contributed by atoms with van der Waals surface area (Å²) in [4.78, 5) is 10.6. The molecule has 6 aromatic carbocycles. The smallest absolute Gasteiger partial charge is 0.160 e. The lowest BCUT2D eigenvalue weighted by atomic mass is 9.82. The van der Waals surface area contributed by atoms with Gasteiger partial charge in [0.2, 0.25) is 0 Å². The first-order chi connectivity index (χ1) is 23.8. The summed E-state index contributed by atoms with van der Waals surface area (Å²) in [6, 6.07) is 50.7. The van der Waals surface area contributed by atoms with Crippen LogP contribution in [0, 0.1) is 0 Å². The molecule has 0 amide bonds. The number of hydrogen-bond donors (Lipinski definition) is 0. The Bertz CT molecular complexity index is 2660. The Labute approximate surface area is 286 Å². The molecular weight excluding hydrogens is 595 g/mol. The standard InChI is InChI=1S/C46H35N3/c1-45(2)36-22-11-8-19-31(36)34-26-35-32-20-10-13-24-39(32)49(40(35)27-38(34)45)30-18-14-17-29(25-30)42-41-33-21-9-12-23-37(33)46(3,4)43(41)48-44(47-42)28-15-6-5-7-16-28/h5-27H,1-4H3. The third-order valence-corrected chi connectivity index (χ3v) is 11.2. The zero-order chi connectivity index (χ0) is 33.1. The van der Waals surface area contributed by atoms with E-state index >= 15 is 0 Å². The van der Waals surface area contributed by atoms with E-state index < -0.39 is 0 Å². The molecule has 2 aliphatic rings. The summed E-state index contributed by atoms with van der Waals surface area (Å²) in [5.41, 5.74) is 16.5. The van der Waals surface area contributed by atoms with Gasteiger partial charge < -0.3 is 4.57 Å². The SMILES string of the molecule is CC1(C)c2ccccc2-c2cc3c4ccccc4n(-c4cccc(-c5nc(-c6ccccc6)nc6c5-c5ccccc5C6(C)C)c4)c3cc21. The van der Waals surface area contributed by atoms with Crippen molar-refractivity contribution < 1.29 is 0 Å². The van der Waals surface area contributed by atoms with E-state index in [1.54, 1.807) is 0 Å². The van der Waals surface area contributed by atoms with Gasteiger partial charge in [-0.25, -0.2) is 9.97 Å². The monoisotopic (exact) mass is 629 g/mol. The normalized spacial score (nSPS) is 14.9. The van der Waals surface area contributed by atoms with Gasteiger partial charge in [0.25, 0.3) is 0 Å². The second-order valence-electron chi connectivity index (χ2n) is 14.6. The molecule has 0 unspecified atom stereocenters. The number of benzene rings is 6. The first-order valence-electron chi connectivity index (χ1n) is 17.2. The number of nitrogens with zero attached hydrogens (tertiary/aromatic N) is 3. The fraction of sp³-hybridized carbons (Fsp3) is 0.130. The van der Waals surface area contributed by atoms with E-state index in [-0.39, 0.29) is 10.8 Å². The predicted octanol–water partition coefficient (Wildman–Crippen LogP) is 11.5. The van der Waals surface area contributed by atoms with Crippen LogP contribution in [-0.4, -0.2) is 14.5 Å². The van der Waals surface area contributed by atoms with Gasteiger partial charge in [-0.15, -0.1) is 0 Å². The zero-order valence-electron chi connectivity index (χ0n) is 28.1. The Morgan fingerprint density at radius 2 is 1.14 bits per heavy atom. The van der Waals surface area contributed by atoms with E-state index in [0.717, 1.165) is 39.6 Å². The quantitative estimate of drug-likeness (QED) is 0.195. The van der Waals surface area contributed by atoms with Crippen molar-refractivity contribution in [1.29, 1.82) is 0 Å². The van der Waals surface area contributed by atoms with Gasteiger partial charge in [0.15, 0.2) is 5.82 Å². The Balaban J connectivity index is 1.24. The van der Waals surface area contributed by atoms with Crippen LogP contribution in [-0.2, 0) is 10.8 Å². The molecule has 0 atom stereocenters. The molecule has 0 radical (unpaired) electrons. The molecule has 2 heterocycles. The summed E-state index contributed by atoms with van der Waals surface area (Å²) in [7, 11) is 0. The van der Waals surface area contributed by atoms with Crippen LogP contribution in [0.15, 0.2) is 140 Å². The van der Waals surface area contributed by atoms with Crippen molar-refractivity contribution in [1.82, 2.24) is 14.5 Å². The molecule has 234 valence electrons. The molecule has 10 rings (SSSR count). The molecule has 0 fully saturated rings. The van der Waals surface area contributed by atoms with Crippen molar-refractivity contribution in [3.63, 3.8) is 0 Å². The lowest BCUT2D eigenvalue weighted by Gasteiger charge is -2.22. The van der Waals surface area contributed by atoms with Crippen LogP contribution in [0.2, 0.25) is 0 Å². The van der Waals surface area contributed by atoms with E-state index in [0.29, 0.717) is 0 Å². The predicted molar refractivity (Wildman–Crippen MR) is 202 cm³/mol. The Kier molecular flexibility index (Phi) is 5.69. The van der Waals surface area contributed by atoms with E-state index in [9.17, 15) is 0 Å². The summed E-state index contributed by atoms with van der Waals surface area (Å²) in [5, 5.41) is 2.54. The summed E-state index contributed by atoms with van der Waals surface area (Å²) in [6.45, 7) is 9.29. The minimum Gasteiger partial charge on any atom is -0.309 e. The zero-order valence-corrected chi connectivity index (χ0v) is 28.1. The largest absolute Gasteiger partial charge is 0.309 e. The molecule has 3 heteroatoms. The highest BCUT2D eigenvalue weighted by Gasteiger charge is 2.40. The number of para-hydroxylation sites is 1. The van der Waals surface area contributed by atoms with Crippen molar-refractivity contribution in [3.8, 4) is 50.6 Å². The minimum atomic E-state index is -0.248. The number of rotatable bonds is 3. The molecule has 0 bridgehead atoms. The molecular formula is C46H35N3. The van der Waals surface area contributed by atoms with Gasteiger partial charge in [0, 0.05) is 44.0 Å². The minimum absolute atomic E-state index is 0.0845. The summed E-state index contributed by atoms with van der Waals surface area (Å²) >= 11 is 0. The molecule has 3 nitrogen and oxygen atoms in total. The van der Waals surface area contributed by atoms with Gasteiger partial charge >= 0.3 is 0 Å². The van der Waals surface area contributed by atoms with E-state index in [4.69, 9.17) is 9.97 Å². The lowest BCUT2D eigenvalue weighted by Crippen LogP contribution is -2.17. The molecule has 0 spiro atoms. The van der Waals surface area contributed by atoms with Crippen molar-refractivity contribution in [2.24, 2.45) is 0 Å². The number of fused-ring (bicyclic) bond motifs is 9. The average Bonchev–Trinajstić information content (AvgIpc) is 3.68. The van der Waals surface area contributed by atoms with Crippen molar-refractivity contribution in [2.45, 2.75) is 38.5 Å². The van der Waals surface area contributed by atoms with Crippen LogP contribution < -0.4 is 0 Å². The lowest BCUT2D eigenvalue weighted by molar-refractivity contribution is 0.636. The van der Waals surface area contributed by atoms with Crippen LogP contribution in [0.1, 0.15) is 50.1 Å². The topological polar surface area (TPSA) is 30.7 Å². The molecule has 0 saturated carbocycles. The van der Waals surface area contributed by atoms with Gasteiger partial charge in [0.05, 0.1) is 22.4 Å². The highest BCUT2D eigenvalue weighted by molar-refractivity contribution is 6.11. The van der Waals surface area contributed by atoms with Crippen LogP contribution in [0.3, 0.4) is 0 Å². The summed E-state index contributed by atoms with van der Waals surface area (Å²) < 4.78 is 2.45. The molecule has 49 heavy (non-hydrogen) atoms. The number of aromatic nitrogens is 3. The first-order valence-corrected chi connectivity index (χ1v) is 17.2. The van der Waals surface area contributed by atoms with Gasteiger partial charge in [-0.1, -0.05) is 137 Å². The molecule has 0 saturated heterocycles. The summed E-state index contributed by atoms with van der Waals surface area (Å²) in [5.74, 6) is 0.759.